The highest BCUT2D eigenvalue weighted by Gasteiger charge is 2.28. The fraction of sp³-hybridized carbons (Fsp3) is 0.261. The van der Waals surface area contributed by atoms with Gasteiger partial charge in [-0.1, -0.05) is 6.92 Å². The second-order valence-electron chi connectivity index (χ2n) is 8.02. The highest BCUT2D eigenvalue weighted by Crippen LogP contribution is 2.33. The van der Waals surface area contributed by atoms with Crippen LogP contribution in [0, 0.1) is 12.8 Å². The number of sulfonamides is 1. The summed E-state index contributed by atoms with van der Waals surface area (Å²) < 4.78 is 63.4. The number of methoxy groups -OCH3 is 1. The van der Waals surface area contributed by atoms with Crippen LogP contribution in [-0.4, -0.2) is 36.1 Å². The molecule has 1 aliphatic rings. The number of fused-ring (bicyclic) bond motifs is 1. The van der Waals surface area contributed by atoms with E-state index in [1.165, 1.54) is 36.8 Å². The molecule has 34 heavy (non-hydrogen) atoms. The summed E-state index contributed by atoms with van der Waals surface area (Å²) in [6.45, 7) is 3.22. The molecule has 4 rings (SSSR count). The first-order valence-electron chi connectivity index (χ1n) is 10.4. The monoisotopic (exact) mass is 488 g/mol. The van der Waals surface area contributed by atoms with Crippen LogP contribution in [0.25, 0.3) is 16.8 Å². The van der Waals surface area contributed by atoms with E-state index in [2.05, 4.69) is 14.7 Å². The molecule has 0 spiro atoms. The molecule has 0 radical (unpaired) electrons. The Morgan fingerprint density at radius 1 is 1.24 bits per heavy atom. The first kappa shape index (κ1) is 23.6. The Morgan fingerprint density at radius 3 is 2.74 bits per heavy atom. The van der Waals surface area contributed by atoms with E-state index in [-0.39, 0.29) is 23.5 Å². The van der Waals surface area contributed by atoms with Gasteiger partial charge in [-0.15, -0.1) is 0 Å². The van der Waals surface area contributed by atoms with Gasteiger partial charge in [-0.05, 0) is 43.2 Å². The van der Waals surface area contributed by atoms with Gasteiger partial charge in [0.05, 0.1) is 7.11 Å². The number of nitrogens with one attached hydrogen (secondary N) is 1. The zero-order chi connectivity index (χ0) is 24.6. The van der Waals surface area contributed by atoms with E-state index in [0.29, 0.717) is 22.5 Å². The lowest BCUT2D eigenvalue weighted by Crippen LogP contribution is -2.16. The smallest absolute Gasteiger partial charge is 0.264 e. The van der Waals surface area contributed by atoms with Crippen LogP contribution in [0.3, 0.4) is 0 Å². The molecule has 178 valence electrons. The molecular weight excluding hydrogens is 466 g/mol. The lowest BCUT2D eigenvalue weighted by Gasteiger charge is -2.14. The van der Waals surface area contributed by atoms with Crippen LogP contribution in [0.15, 0.2) is 64.3 Å². The average molecular weight is 489 g/mol. The fourth-order valence-electron chi connectivity index (χ4n) is 3.63. The molecule has 0 saturated heterocycles. The van der Waals surface area contributed by atoms with Crippen molar-refractivity contribution in [2.45, 2.75) is 26.4 Å². The van der Waals surface area contributed by atoms with E-state index in [9.17, 15) is 22.0 Å². The van der Waals surface area contributed by atoms with Gasteiger partial charge in [0.1, 0.15) is 28.2 Å². The highest BCUT2D eigenvalue weighted by atomic mass is 32.2. The van der Waals surface area contributed by atoms with Gasteiger partial charge in [0.2, 0.25) is 5.88 Å². The Morgan fingerprint density at radius 2 is 2.00 bits per heavy atom. The first-order chi connectivity index (χ1) is 16.1. The number of alkyl halides is 1. The topological polar surface area (TPSA) is 103 Å². The molecule has 0 saturated carbocycles. The summed E-state index contributed by atoms with van der Waals surface area (Å²) >= 11 is 0. The van der Waals surface area contributed by atoms with E-state index in [1.54, 1.807) is 25.3 Å². The van der Waals surface area contributed by atoms with Gasteiger partial charge in [0.25, 0.3) is 15.6 Å². The molecule has 1 aliphatic carbocycles. The second kappa shape index (κ2) is 8.98. The predicted octanol–water partition coefficient (Wildman–Crippen LogP) is 3.93. The minimum absolute atomic E-state index is 0.0436. The standard InChI is InChI=1S/C23H22F2N4O4S/c1-13-8-18(25)20(6-5-17(13)24)34(31,32)28-19-10-16(11-26-23(19)33-3)15-4-7-21-27-14(2)9-22(30)29(21)12-15/h4-7,9-13,17,28H,8H2,1-3H3. The molecule has 0 bridgehead atoms. The number of ether oxygens (including phenoxy) is 1. The third-order valence-electron chi connectivity index (χ3n) is 5.44. The molecule has 3 aromatic rings. The number of hydrogen-bond donors (Lipinski definition) is 1. The molecule has 0 aliphatic heterocycles. The largest absolute Gasteiger partial charge is 0.480 e. The quantitative estimate of drug-likeness (QED) is 0.584. The number of pyridine rings is 2. The Hall–Kier alpha value is -3.60. The number of hydrogen-bond acceptors (Lipinski definition) is 6. The molecule has 3 aromatic heterocycles. The van der Waals surface area contributed by atoms with Crippen molar-refractivity contribution in [3.8, 4) is 17.0 Å². The summed E-state index contributed by atoms with van der Waals surface area (Å²) in [6.07, 6.45) is 3.16. The van der Waals surface area contributed by atoms with Crippen molar-refractivity contribution in [2.24, 2.45) is 5.92 Å². The number of allylic oxidation sites excluding steroid dienone is 3. The maximum absolute atomic E-state index is 14.6. The molecule has 8 nitrogen and oxygen atoms in total. The minimum atomic E-state index is -4.42. The molecule has 2 atom stereocenters. The van der Waals surface area contributed by atoms with E-state index in [0.717, 1.165) is 12.2 Å². The second-order valence-corrected chi connectivity index (χ2v) is 9.67. The third kappa shape index (κ3) is 4.56. The van der Waals surface area contributed by atoms with Crippen LogP contribution in [0.4, 0.5) is 14.5 Å². The van der Waals surface area contributed by atoms with Gasteiger partial charge in [-0.2, -0.15) is 0 Å². The average Bonchev–Trinajstić information content (AvgIpc) is 2.90. The summed E-state index contributed by atoms with van der Waals surface area (Å²) in [5.41, 5.74) is 1.76. The normalized spacial score (nSPS) is 18.7. The van der Waals surface area contributed by atoms with Crippen LogP contribution in [0.1, 0.15) is 19.0 Å². The zero-order valence-electron chi connectivity index (χ0n) is 18.6. The maximum Gasteiger partial charge on any atom is 0.264 e. The minimum Gasteiger partial charge on any atom is -0.480 e. The van der Waals surface area contributed by atoms with E-state index in [4.69, 9.17) is 4.74 Å². The first-order valence-corrected chi connectivity index (χ1v) is 11.9. The SMILES string of the molecule is COc1ncc(-c2ccc3nc(C)cc(=O)n3c2)cc1NS(=O)(=O)C1=C(F)CC(C)C(F)C=C1. The van der Waals surface area contributed by atoms with Gasteiger partial charge >= 0.3 is 0 Å². The Labute approximate surface area is 194 Å². The number of aryl methyl sites for hydroxylation is 1. The number of nitrogens with zero attached hydrogens (tertiary/aromatic N) is 3. The van der Waals surface area contributed by atoms with Crippen molar-refractivity contribution in [3.63, 3.8) is 0 Å². The van der Waals surface area contributed by atoms with Crippen LogP contribution < -0.4 is 15.0 Å². The van der Waals surface area contributed by atoms with Crippen molar-refractivity contribution in [3.05, 3.63) is 75.6 Å². The highest BCUT2D eigenvalue weighted by molar-refractivity contribution is 7.96. The molecule has 2 unspecified atom stereocenters. The van der Waals surface area contributed by atoms with Crippen molar-refractivity contribution in [1.29, 1.82) is 0 Å². The zero-order valence-corrected chi connectivity index (χ0v) is 19.4. The van der Waals surface area contributed by atoms with Gasteiger partial charge in [-0.25, -0.2) is 27.2 Å². The van der Waals surface area contributed by atoms with Crippen molar-refractivity contribution < 1.29 is 21.9 Å². The Kier molecular flexibility index (Phi) is 6.22. The fourth-order valence-corrected chi connectivity index (χ4v) is 4.81. The summed E-state index contributed by atoms with van der Waals surface area (Å²) in [5, 5.41) is 0. The molecule has 0 amide bonds. The lowest BCUT2D eigenvalue weighted by atomic mass is 10.0. The van der Waals surface area contributed by atoms with Crippen LogP contribution >= 0.6 is 0 Å². The summed E-state index contributed by atoms with van der Waals surface area (Å²) in [6, 6.07) is 6.22. The van der Waals surface area contributed by atoms with Crippen LogP contribution in [0.2, 0.25) is 0 Å². The predicted molar refractivity (Wildman–Crippen MR) is 124 cm³/mol. The van der Waals surface area contributed by atoms with Crippen LogP contribution in [-0.2, 0) is 10.0 Å². The molecule has 11 heteroatoms. The van der Waals surface area contributed by atoms with E-state index < -0.39 is 32.8 Å². The van der Waals surface area contributed by atoms with Gasteiger partial charge < -0.3 is 4.74 Å². The van der Waals surface area contributed by atoms with Crippen LogP contribution in [0.5, 0.6) is 5.88 Å². The molecule has 0 aromatic carbocycles. The Balaban J connectivity index is 1.75. The lowest BCUT2D eigenvalue weighted by molar-refractivity contribution is 0.287. The van der Waals surface area contributed by atoms with E-state index >= 15 is 0 Å². The molecule has 1 N–H and O–H groups in total. The number of rotatable bonds is 5. The van der Waals surface area contributed by atoms with Crippen molar-refractivity contribution in [1.82, 2.24) is 14.4 Å². The van der Waals surface area contributed by atoms with Crippen molar-refractivity contribution in [2.75, 3.05) is 11.8 Å². The Bertz CT molecular complexity index is 1500. The summed E-state index contributed by atoms with van der Waals surface area (Å²) in [4.78, 5) is 20.1. The molecular formula is C23H22F2N4O4S. The van der Waals surface area contributed by atoms with E-state index in [1.807, 2.05) is 0 Å². The summed E-state index contributed by atoms with van der Waals surface area (Å²) in [7, 11) is -3.11. The van der Waals surface area contributed by atoms with Crippen molar-refractivity contribution >= 4 is 21.4 Å². The molecule has 0 fully saturated rings. The third-order valence-corrected chi connectivity index (χ3v) is 6.87. The van der Waals surface area contributed by atoms with Gasteiger partial charge in [-0.3, -0.25) is 13.9 Å². The molecule has 3 heterocycles. The number of aromatic nitrogens is 3. The van der Waals surface area contributed by atoms with Gasteiger partial charge in [0.15, 0.2) is 0 Å². The van der Waals surface area contributed by atoms with Gasteiger partial charge in [0, 0.05) is 41.7 Å². The maximum atomic E-state index is 14.6. The summed E-state index contributed by atoms with van der Waals surface area (Å²) in [5.74, 6) is -1.67. The number of anilines is 1. The number of halogens is 2.